The molecule has 4 heteroatoms. The molecule has 0 atom stereocenters. The van der Waals surface area contributed by atoms with E-state index in [0.717, 1.165) is 44.6 Å². The SMILES string of the molecule is COc1cccc(Cc2cc3c(c(=O)[nH]2)-c2ccc(Br)cc2C3)c1. The molecule has 0 amide bonds. The van der Waals surface area contributed by atoms with Crippen molar-refractivity contribution >= 4 is 15.9 Å². The molecule has 2 aromatic carbocycles. The zero-order valence-corrected chi connectivity index (χ0v) is 14.8. The van der Waals surface area contributed by atoms with Gasteiger partial charge in [-0.1, -0.05) is 34.1 Å². The first-order valence-electron chi connectivity index (χ1n) is 7.81. The number of H-pyrrole nitrogens is 1. The maximum Gasteiger partial charge on any atom is 0.256 e. The molecule has 24 heavy (non-hydrogen) atoms. The summed E-state index contributed by atoms with van der Waals surface area (Å²) in [5, 5.41) is 0. The van der Waals surface area contributed by atoms with Gasteiger partial charge in [-0.3, -0.25) is 4.79 Å². The van der Waals surface area contributed by atoms with Crippen molar-refractivity contribution < 1.29 is 4.74 Å². The van der Waals surface area contributed by atoms with Crippen molar-refractivity contribution in [1.29, 1.82) is 0 Å². The van der Waals surface area contributed by atoms with Crippen LogP contribution in [-0.2, 0) is 12.8 Å². The Morgan fingerprint density at radius 3 is 2.83 bits per heavy atom. The van der Waals surface area contributed by atoms with Crippen molar-refractivity contribution in [2.24, 2.45) is 0 Å². The zero-order valence-electron chi connectivity index (χ0n) is 13.2. The van der Waals surface area contributed by atoms with Crippen LogP contribution in [0.3, 0.4) is 0 Å². The third-order valence-electron chi connectivity index (χ3n) is 4.42. The van der Waals surface area contributed by atoms with E-state index in [1.165, 1.54) is 5.56 Å². The third kappa shape index (κ3) is 2.67. The van der Waals surface area contributed by atoms with Gasteiger partial charge in [0.2, 0.25) is 0 Å². The number of benzene rings is 2. The van der Waals surface area contributed by atoms with Crippen molar-refractivity contribution in [3.05, 3.63) is 85.7 Å². The molecule has 1 N–H and O–H groups in total. The Labute approximate surface area is 148 Å². The largest absolute Gasteiger partial charge is 0.497 e. The molecule has 0 unspecified atom stereocenters. The first kappa shape index (κ1) is 15.2. The highest BCUT2D eigenvalue weighted by Gasteiger charge is 2.22. The van der Waals surface area contributed by atoms with Gasteiger partial charge in [0.15, 0.2) is 0 Å². The van der Waals surface area contributed by atoms with Crippen LogP contribution in [0.5, 0.6) is 5.75 Å². The molecular weight excluding hydrogens is 366 g/mol. The highest BCUT2D eigenvalue weighted by molar-refractivity contribution is 9.10. The Morgan fingerprint density at radius 2 is 2.00 bits per heavy atom. The number of methoxy groups -OCH3 is 1. The summed E-state index contributed by atoms with van der Waals surface area (Å²) in [5.41, 5.74) is 6.19. The summed E-state index contributed by atoms with van der Waals surface area (Å²) in [5.74, 6) is 0.827. The number of aromatic amines is 1. The number of nitrogens with one attached hydrogen (secondary N) is 1. The molecular formula is C20H16BrNO2. The smallest absolute Gasteiger partial charge is 0.256 e. The van der Waals surface area contributed by atoms with Gasteiger partial charge < -0.3 is 9.72 Å². The van der Waals surface area contributed by atoms with E-state index in [1.807, 2.05) is 36.4 Å². The molecule has 1 heterocycles. The van der Waals surface area contributed by atoms with Crippen LogP contribution in [0.15, 0.2) is 57.8 Å². The fraction of sp³-hybridized carbons (Fsp3) is 0.150. The molecule has 0 radical (unpaired) electrons. The van der Waals surface area contributed by atoms with Gasteiger partial charge in [0, 0.05) is 16.6 Å². The van der Waals surface area contributed by atoms with Crippen molar-refractivity contribution in [2.75, 3.05) is 7.11 Å². The molecule has 0 fully saturated rings. The summed E-state index contributed by atoms with van der Waals surface area (Å²) in [6, 6.07) is 16.1. The second kappa shape index (κ2) is 5.95. The van der Waals surface area contributed by atoms with E-state index < -0.39 is 0 Å². The van der Waals surface area contributed by atoms with Gasteiger partial charge in [0.1, 0.15) is 5.75 Å². The fourth-order valence-electron chi connectivity index (χ4n) is 3.36. The normalized spacial score (nSPS) is 11.9. The van der Waals surface area contributed by atoms with Crippen molar-refractivity contribution in [3.63, 3.8) is 0 Å². The van der Waals surface area contributed by atoms with E-state index >= 15 is 0 Å². The number of hydrogen-bond donors (Lipinski definition) is 1. The lowest BCUT2D eigenvalue weighted by Crippen LogP contribution is -2.12. The lowest BCUT2D eigenvalue weighted by Gasteiger charge is -2.07. The average Bonchev–Trinajstić information content (AvgIpc) is 2.92. The van der Waals surface area contributed by atoms with Crippen LogP contribution in [0.25, 0.3) is 11.1 Å². The molecule has 0 bridgehead atoms. The standard InChI is InChI=1S/C20H16BrNO2/c1-24-17-4-2-3-12(8-17)7-16-11-14-9-13-10-15(21)5-6-18(13)19(14)20(23)22-16/h2-6,8,10-11H,7,9H2,1H3,(H,22,23). The zero-order chi connectivity index (χ0) is 16.7. The van der Waals surface area contributed by atoms with Gasteiger partial charge in [0.05, 0.1) is 12.7 Å². The molecule has 1 aliphatic rings. The van der Waals surface area contributed by atoms with Gasteiger partial charge in [-0.05, 0) is 59.0 Å². The lowest BCUT2D eigenvalue weighted by atomic mass is 10.0. The third-order valence-corrected chi connectivity index (χ3v) is 4.91. The number of aromatic nitrogens is 1. The molecule has 3 aromatic rings. The number of hydrogen-bond acceptors (Lipinski definition) is 2. The molecule has 0 aliphatic heterocycles. The summed E-state index contributed by atoms with van der Waals surface area (Å²) in [6.45, 7) is 0. The summed E-state index contributed by atoms with van der Waals surface area (Å²) in [7, 11) is 1.66. The predicted octanol–water partition coefficient (Wildman–Crippen LogP) is 4.31. The molecule has 1 aromatic heterocycles. The Bertz CT molecular complexity index is 991. The summed E-state index contributed by atoms with van der Waals surface area (Å²) >= 11 is 3.50. The Hall–Kier alpha value is -2.33. The molecule has 1 aliphatic carbocycles. The van der Waals surface area contributed by atoms with Crippen LogP contribution < -0.4 is 10.3 Å². The topological polar surface area (TPSA) is 42.1 Å². The summed E-state index contributed by atoms with van der Waals surface area (Å²) in [4.78, 5) is 15.6. The second-order valence-electron chi connectivity index (χ2n) is 6.03. The molecule has 3 nitrogen and oxygen atoms in total. The predicted molar refractivity (Wildman–Crippen MR) is 98.8 cm³/mol. The first-order chi connectivity index (χ1) is 11.6. The van der Waals surface area contributed by atoms with E-state index in [2.05, 4.69) is 33.0 Å². The number of halogens is 1. The summed E-state index contributed by atoms with van der Waals surface area (Å²) < 4.78 is 6.31. The van der Waals surface area contributed by atoms with Crippen molar-refractivity contribution in [3.8, 4) is 16.9 Å². The Morgan fingerprint density at radius 1 is 1.12 bits per heavy atom. The van der Waals surface area contributed by atoms with Crippen LogP contribution in [0, 0.1) is 0 Å². The highest BCUT2D eigenvalue weighted by atomic mass is 79.9. The minimum atomic E-state index is -0.00790. The van der Waals surface area contributed by atoms with Crippen LogP contribution in [0.1, 0.15) is 22.4 Å². The highest BCUT2D eigenvalue weighted by Crippen LogP contribution is 2.35. The van der Waals surface area contributed by atoms with Gasteiger partial charge in [0.25, 0.3) is 5.56 Å². The first-order valence-corrected chi connectivity index (χ1v) is 8.60. The second-order valence-corrected chi connectivity index (χ2v) is 6.95. The molecule has 4 rings (SSSR count). The van der Waals surface area contributed by atoms with Crippen LogP contribution in [0.4, 0.5) is 0 Å². The Kier molecular flexibility index (Phi) is 3.77. The molecule has 0 spiro atoms. The van der Waals surface area contributed by atoms with E-state index in [1.54, 1.807) is 7.11 Å². The van der Waals surface area contributed by atoms with Crippen LogP contribution in [0.2, 0.25) is 0 Å². The van der Waals surface area contributed by atoms with E-state index in [-0.39, 0.29) is 5.56 Å². The fourth-order valence-corrected chi connectivity index (χ4v) is 3.77. The number of ether oxygens (including phenoxy) is 1. The van der Waals surface area contributed by atoms with Crippen molar-refractivity contribution in [2.45, 2.75) is 12.8 Å². The van der Waals surface area contributed by atoms with Crippen LogP contribution >= 0.6 is 15.9 Å². The summed E-state index contributed by atoms with van der Waals surface area (Å²) in [6.07, 6.45) is 1.49. The minimum absolute atomic E-state index is 0.00790. The number of rotatable bonds is 3. The van der Waals surface area contributed by atoms with Crippen LogP contribution in [-0.4, -0.2) is 12.1 Å². The van der Waals surface area contributed by atoms with Gasteiger partial charge in [-0.15, -0.1) is 0 Å². The molecule has 0 saturated heterocycles. The lowest BCUT2D eigenvalue weighted by molar-refractivity contribution is 0.414. The van der Waals surface area contributed by atoms with E-state index in [4.69, 9.17) is 4.74 Å². The van der Waals surface area contributed by atoms with E-state index in [9.17, 15) is 4.79 Å². The number of pyridine rings is 1. The maximum absolute atomic E-state index is 12.6. The number of fused-ring (bicyclic) bond motifs is 3. The van der Waals surface area contributed by atoms with Gasteiger partial charge in [-0.25, -0.2) is 0 Å². The van der Waals surface area contributed by atoms with Crippen molar-refractivity contribution in [1.82, 2.24) is 4.98 Å². The van der Waals surface area contributed by atoms with E-state index in [0.29, 0.717) is 6.42 Å². The molecule has 120 valence electrons. The average molecular weight is 382 g/mol. The Balaban J connectivity index is 1.72. The quantitative estimate of drug-likeness (QED) is 0.574. The van der Waals surface area contributed by atoms with Gasteiger partial charge in [-0.2, -0.15) is 0 Å². The maximum atomic E-state index is 12.6. The minimum Gasteiger partial charge on any atom is -0.497 e. The van der Waals surface area contributed by atoms with Gasteiger partial charge >= 0.3 is 0 Å². The molecule has 0 saturated carbocycles. The monoisotopic (exact) mass is 381 g/mol.